The number of ether oxygens (including phenoxy) is 3. The molecule has 1 rings (SSSR count). The lowest BCUT2D eigenvalue weighted by molar-refractivity contribution is -0.134. The van der Waals surface area contributed by atoms with Gasteiger partial charge in [0.15, 0.2) is 11.5 Å². The average molecular weight is 457 g/mol. The second-order valence-corrected chi connectivity index (χ2v) is 9.09. The molecule has 0 spiro atoms. The van der Waals surface area contributed by atoms with Crippen LogP contribution in [-0.4, -0.2) is 46.2 Å². The number of unbranched alkanes of at least 4 members (excludes halogenated alkanes) is 5. The molecule has 0 heterocycles. The molecule has 0 aliphatic heterocycles. The Morgan fingerprint density at radius 2 is 1.58 bits per heavy atom. The molecule has 0 atom stereocenters. The van der Waals surface area contributed by atoms with E-state index in [9.17, 15) is 9.36 Å². The Bertz CT molecular complexity index is 708. The fourth-order valence-corrected chi connectivity index (χ4v) is 4.73. The van der Waals surface area contributed by atoms with E-state index >= 15 is 0 Å². The maximum Gasteiger partial charge on any atom is 0.330 e. The van der Waals surface area contributed by atoms with Crippen LogP contribution in [-0.2, 0) is 23.1 Å². The van der Waals surface area contributed by atoms with Gasteiger partial charge in [-0.05, 0) is 50.5 Å². The molecule has 0 N–H and O–H groups in total. The van der Waals surface area contributed by atoms with Gasteiger partial charge in [0.2, 0.25) is 0 Å². The molecule has 31 heavy (non-hydrogen) atoms. The van der Waals surface area contributed by atoms with Crippen LogP contribution in [0.1, 0.15) is 57.9 Å². The van der Waals surface area contributed by atoms with Gasteiger partial charge in [-0.3, -0.25) is 4.57 Å². The van der Waals surface area contributed by atoms with Gasteiger partial charge in [-0.25, -0.2) is 4.79 Å². The molecule has 0 aromatic heterocycles. The van der Waals surface area contributed by atoms with Crippen molar-refractivity contribution in [3.8, 4) is 11.5 Å². The second-order valence-electron chi connectivity index (χ2n) is 6.91. The Labute approximate surface area is 186 Å². The topological polar surface area (TPSA) is 80.3 Å². The zero-order valence-electron chi connectivity index (χ0n) is 19.3. The SMILES string of the molecule is CCOP(=O)(CCCCCCCCOc1ccc(/C=C/C(=O)OC)cc1OC)OCC. The van der Waals surface area contributed by atoms with E-state index in [2.05, 4.69) is 4.74 Å². The first-order valence-electron chi connectivity index (χ1n) is 10.9. The minimum Gasteiger partial charge on any atom is -0.493 e. The van der Waals surface area contributed by atoms with Crippen molar-refractivity contribution in [3.63, 3.8) is 0 Å². The van der Waals surface area contributed by atoms with Crippen molar-refractivity contribution in [2.24, 2.45) is 0 Å². The van der Waals surface area contributed by atoms with E-state index in [-0.39, 0.29) is 0 Å². The fourth-order valence-electron chi connectivity index (χ4n) is 3.00. The summed E-state index contributed by atoms with van der Waals surface area (Å²) < 4.78 is 38.8. The van der Waals surface area contributed by atoms with E-state index in [0.717, 1.165) is 44.1 Å². The van der Waals surface area contributed by atoms with Gasteiger partial charge < -0.3 is 23.3 Å². The summed E-state index contributed by atoms with van der Waals surface area (Å²) in [5.41, 5.74) is 0.827. The Kier molecular flexibility index (Phi) is 14.0. The molecule has 176 valence electrons. The van der Waals surface area contributed by atoms with Crippen LogP contribution in [0.4, 0.5) is 0 Å². The highest BCUT2D eigenvalue weighted by molar-refractivity contribution is 7.53. The molecule has 8 heteroatoms. The lowest BCUT2D eigenvalue weighted by atomic mass is 10.1. The first-order chi connectivity index (χ1) is 15.0. The summed E-state index contributed by atoms with van der Waals surface area (Å²) in [7, 11) is 0.0286. The van der Waals surface area contributed by atoms with Gasteiger partial charge in [0.25, 0.3) is 0 Å². The lowest BCUT2D eigenvalue weighted by Gasteiger charge is -2.16. The largest absolute Gasteiger partial charge is 0.493 e. The number of carbonyl (C=O) groups excluding carboxylic acids is 1. The maximum absolute atomic E-state index is 12.4. The molecule has 0 unspecified atom stereocenters. The minimum absolute atomic E-state index is 0.406. The van der Waals surface area contributed by atoms with Gasteiger partial charge in [0, 0.05) is 6.08 Å². The number of carbonyl (C=O) groups is 1. The Balaban J connectivity index is 2.26. The number of methoxy groups -OCH3 is 2. The number of esters is 1. The normalized spacial score (nSPS) is 11.6. The number of hydrogen-bond acceptors (Lipinski definition) is 7. The summed E-state index contributed by atoms with van der Waals surface area (Å²) in [5.74, 6) is 0.900. The highest BCUT2D eigenvalue weighted by Crippen LogP contribution is 2.48. The van der Waals surface area contributed by atoms with Crippen LogP contribution in [0.2, 0.25) is 0 Å². The van der Waals surface area contributed by atoms with Gasteiger partial charge in [-0.1, -0.05) is 31.7 Å². The first kappa shape index (κ1) is 27.2. The third kappa shape index (κ3) is 11.4. The quantitative estimate of drug-likeness (QED) is 0.126. The molecule has 0 bridgehead atoms. The van der Waals surface area contributed by atoms with Crippen LogP contribution in [0.3, 0.4) is 0 Å². The number of hydrogen-bond donors (Lipinski definition) is 0. The fraction of sp³-hybridized carbons (Fsp3) is 0.609. The summed E-state index contributed by atoms with van der Waals surface area (Å²) in [4.78, 5) is 11.2. The molecule has 0 radical (unpaired) electrons. The second kappa shape index (κ2) is 15.9. The summed E-state index contributed by atoms with van der Waals surface area (Å²) >= 11 is 0. The van der Waals surface area contributed by atoms with Crippen LogP contribution < -0.4 is 9.47 Å². The third-order valence-corrected chi connectivity index (χ3v) is 6.70. The van der Waals surface area contributed by atoms with Gasteiger partial charge in [0.1, 0.15) is 0 Å². The Morgan fingerprint density at radius 3 is 2.19 bits per heavy atom. The van der Waals surface area contributed by atoms with Crippen LogP contribution >= 0.6 is 7.60 Å². The maximum atomic E-state index is 12.4. The molecule has 7 nitrogen and oxygen atoms in total. The number of benzene rings is 1. The predicted octanol–water partition coefficient (Wildman–Crippen LogP) is 5.87. The molecule has 1 aromatic rings. The standard InChI is InChI=1S/C23H37O7P/c1-5-29-31(25,30-6-2)18-12-10-8-7-9-11-17-28-21-15-13-20(19-22(21)26-3)14-16-23(24)27-4/h13-16,19H,5-12,17-18H2,1-4H3/b16-14+. The van der Waals surface area contributed by atoms with Gasteiger partial charge in [0.05, 0.1) is 40.2 Å². The van der Waals surface area contributed by atoms with Crippen molar-refractivity contribution >= 4 is 19.6 Å². The first-order valence-corrected chi connectivity index (χ1v) is 12.7. The summed E-state index contributed by atoms with van der Waals surface area (Å²) in [6, 6.07) is 5.52. The van der Waals surface area contributed by atoms with Crippen molar-refractivity contribution in [1.82, 2.24) is 0 Å². The summed E-state index contributed by atoms with van der Waals surface area (Å²) in [6.07, 6.45) is 9.58. The minimum atomic E-state index is -2.90. The lowest BCUT2D eigenvalue weighted by Crippen LogP contribution is -2.01. The van der Waals surface area contributed by atoms with Gasteiger partial charge in [-0.2, -0.15) is 0 Å². The van der Waals surface area contributed by atoms with Gasteiger partial charge in [-0.15, -0.1) is 0 Å². The van der Waals surface area contributed by atoms with E-state index in [1.54, 1.807) is 13.2 Å². The highest BCUT2D eigenvalue weighted by atomic mass is 31.2. The Hall–Kier alpha value is -1.82. The molecule has 0 aliphatic rings. The van der Waals surface area contributed by atoms with Crippen molar-refractivity contribution < 1.29 is 32.6 Å². The van der Waals surface area contributed by atoms with E-state index in [1.165, 1.54) is 13.2 Å². The van der Waals surface area contributed by atoms with Crippen LogP contribution in [0.25, 0.3) is 6.08 Å². The molecular formula is C23H37O7P. The van der Waals surface area contributed by atoms with Crippen LogP contribution in [0.15, 0.2) is 24.3 Å². The molecule has 0 fully saturated rings. The molecule has 1 aromatic carbocycles. The highest BCUT2D eigenvalue weighted by Gasteiger charge is 2.22. The van der Waals surface area contributed by atoms with Crippen molar-refractivity contribution in [2.75, 3.05) is 40.2 Å². The average Bonchev–Trinajstić information content (AvgIpc) is 2.76. The summed E-state index contributed by atoms with van der Waals surface area (Å²) in [5, 5.41) is 0. The number of rotatable bonds is 17. The molecule has 0 saturated carbocycles. The molecule has 0 amide bonds. The van der Waals surface area contributed by atoms with E-state index in [0.29, 0.717) is 37.5 Å². The predicted molar refractivity (Wildman–Crippen MR) is 123 cm³/mol. The summed E-state index contributed by atoms with van der Waals surface area (Å²) in [6.45, 7) is 5.10. The third-order valence-electron chi connectivity index (χ3n) is 4.54. The molecule has 0 aliphatic carbocycles. The van der Waals surface area contributed by atoms with Crippen molar-refractivity contribution in [2.45, 2.75) is 52.4 Å². The smallest absolute Gasteiger partial charge is 0.330 e. The molecule has 0 saturated heterocycles. The van der Waals surface area contributed by atoms with Crippen LogP contribution in [0, 0.1) is 0 Å². The zero-order chi connectivity index (χ0) is 23.0. The van der Waals surface area contributed by atoms with Crippen molar-refractivity contribution in [3.05, 3.63) is 29.8 Å². The monoisotopic (exact) mass is 456 g/mol. The molecular weight excluding hydrogens is 419 g/mol. The van der Waals surface area contributed by atoms with Crippen LogP contribution in [0.5, 0.6) is 11.5 Å². The van der Waals surface area contributed by atoms with Crippen molar-refractivity contribution in [1.29, 1.82) is 0 Å². The van der Waals surface area contributed by atoms with E-state index in [4.69, 9.17) is 18.5 Å². The van der Waals surface area contributed by atoms with Gasteiger partial charge >= 0.3 is 13.6 Å². The zero-order valence-corrected chi connectivity index (χ0v) is 20.2. The van der Waals surface area contributed by atoms with E-state index < -0.39 is 13.6 Å². The Morgan fingerprint density at radius 1 is 0.935 bits per heavy atom. The van der Waals surface area contributed by atoms with E-state index in [1.807, 2.05) is 32.0 Å².